The topological polar surface area (TPSA) is 26.0 Å². The predicted molar refractivity (Wildman–Crippen MR) is 68.9 cm³/mol. The molecular weight excluding hydrogens is 294 g/mol. The molecule has 0 aliphatic rings. The molecule has 2 aromatic carbocycles. The third kappa shape index (κ3) is 2.94. The van der Waals surface area contributed by atoms with Crippen molar-refractivity contribution in [1.29, 1.82) is 0 Å². The average Bonchev–Trinajstić information content (AvgIpc) is 2.40. The zero-order chi connectivity index (χ0) is 14.9. The summed E-state index contributed by atoms with van der Waals surface area (Å²) in [7, 11) is 0. The molecule has 106 valence electrons. The summed E-state index contributed by atoms with van der Waals surface area (Å²) >= 11 is 5.88. The maximum atomic E-state index is 13.2. The van der Waals surface area contributed by atoms with Crippen molar-refractivity contribution in [2.75, 3.05) is 0 Å². The van der Waals surface area contributed by atoms with Crippen LogP contribution in [0.1, 0.15) is 22.7 Å². The van der Waals surface area contributed by atoms with Gasteiger partial charge in [-0.15, -0.1) is 0 Å². The monoisotopic (exact) mass is 303 g/mol. The Morgan fingerprint density at radius 2 is 1.65 bits per heavy atom. The lowest BCUT2D eigenvalue weighted by molar-refractivity contribution is -0.138. The van der Waals surface area contributed by atoms with Gasteiger partial charge in [0.05, 0.1) is 11.6 Å². The highest BCUT2D eigenvalue weighted by molar-refractivity contribution is 6.31. The number of hydrogen-bond acceptors (Lipinski definition) is 1. The molecule has 0 bridgehead atoms. The Kier molecular flexibility index (Phi) is 4.01. The van der Waals surface area contributed by atoms with E-state index in [4.69, 9.17) is 17.3 Å². The number of nitrogens with two attached hydrogens (primary N) is 1. The van der Waals surface area contributed by atoms with Crippen molar-refractivity contribution in [2.45, 2.75) is 12.2 Å². The van der Waals surface area contributed by atoms with Crippen LogP contribution in [0.15, 0.2) is 42.5 Å². The highest BCUT2D eigenvalue weighted by Crippen LogP contribution is 2.37. The molecule has 0 fully saturated rings. The second kappa shape index (κ2) is 5.42. The van der Waals surface area contributed by atoms with Gasteiger partial charge in [-0.25, -0.2) is 4.39 Å². The molecule has 1 nitrogen and oxygen atoms in total. The Morgan fingerprint density at radius 3 is 2.30 bits per heavy atom. The lowest BCUT2D eigenvalue weighted by atomic mass is 9.95. The lowest BCUT2D eigenvalue weighted by Gasteiger charge is -2.19. The molecule has 20 heavy (non-hydrogen) atoms. The van der Waals surface area contributed by atoms with Crippen LogP contribution in [-0.2, 0) is 6.18 Å². The summed E-state index contributed by atoms with van der Waals surface area (Å²) in [6, 6.07) is 7.17. The van der Waals surface area contributed by atoms with Crippen LogP contribution in [0.3, 0.4) is 0 Å². The first-order valence-electron chi connectivity index (χ1n) is 5.67. The van der Waals surface area contributed by atoms with Crippen molar-refractivity contribution in [3.63, 3.8) is 0 Å². The first-order chi connectivity index (χ1) is 9.30. The summed E-state index contributed by atoms with van der Waals surface area (Å²) in [5.41, 5.74) is 4.95. The molecule has 2 rings (SSSR count). The van der Waals surface area contributed by atoms with Crippen LogP contribution in [0.5, 0.6) is 0 Å². The Labute approximate surface area is 118 Å². The second-order valence-corrected chi connectivity index (χ2v) is 4.64. The predicted octanol–water partition coefficient (Wildman–Crippen LogP) is 4.55. The molecule has 2 N–H and O–H groups in total. The molecule has 6 heteroatoms. The molecule has 0 saturated heterocycles. The molecule has 0 heterocycles. The van der Waals surface area contributed by atoms with E-state index >= 15 is 0 Å². The normalized spacial score (nSPS) is 13.3. The maximum absolute atomic E-state index is 13.2. The zero-order valence-corrected chi connectivity index (χ0v) is 10.8. The molecule has 0 aromatic heterocycles. The fourth-order valence-corrected chi connectivity index (χ4v) is 2.18. The molecule has 1 atom stereocenters. The summed E-state index contributed by atoms with van der Waals surface area (Å²) in [6.07, 6.45) is -4.53. The minimum atomic E-state index is -4.53. The van der Waals surface area contributed by atoms with E-state index in [2.05, 4.69) is 0 Å². The third-order valence-electron chi connectivity index (χ3n) is 2.89. The molecule has 0 spiro atoms. The van der Waals surface area contributed by atoms with E-state index in [-0.39, 0.29) is 16.1 Å². The molecule has 0 amide bonds. The third-order valence-corrected chi connectivity index (χ3v) is 3.24. The van der Waals surface area contributed by atoms with Crippen LogP contribution >= 0.6 is 11.6 Å². The fourth-order valence-electron chi connectivity index (χ4n) is 1.95. The van der Waals surface area contributed by atoms with Gasteiger partial charge in [0.15, 0.2) is 0 Å². The summed E-state index contributed by atoms with van der Waals surface area (Å²) < 4.78 is 52.0. The van der Waals surface area contributed by atoms with E-state index in [0.29, 0.717) is 0 Å². The van der Waals surface area contributed by atoms with Gasteiger partial charge in [-0.2, -0.15) is 13.2 Å². The quantitative estimate of drug-likeness (QED) is 0.810. The van der Waals surface area contributed by atoms with E-state index in [9.17, 15) is 17.6 Å². The van der Waals surface area contributed by atoms with Gasteiger partial charge in [-0.05, 0) is 35.4 Å². The minimum Gasteiger partial charge on any atom is -0.320 e. The molecule has 1 unspecified atom stereocenters. The zero-order valence-electron chi connectivity index (χ0n) is 10.1. The van der Waals surface area contributed by atoms with Gasteiger partial charge in [-0.3, -0.25) is 0 Å². The molecule has 0 aliphatic carbocycles. The number of alkyl halides is 3. The van der Waals surface area contributed by atoms with Gasteiger partial charge in [0.2, 0.25) is 0 Å². The summed E-state index contributed by atoms with van der Waals surface area (Å²) in [4.78, 5) is 0. The Morgan fingerprint density at radius 1 is 1.00 bits per heavy atom. The first kappa shape index (κ1) is 14.8. The first-order valence-corrected chi connectivity index (χ1v) is 6.05. The van der Waals surface area contributed by atoms with E-state index in [1.165, 1.54) is 24.3 Å². The van der Waals surface area contributed by atoms with Crippen molar-refractivity contribution < 1.29 is 17.6 Å². The van der Waals surface area contributed by atoms with Crippen molar-refractivity contribution in [3.05, 3.63) is 70.0 Å². The van der Waals surface area contributed by atoms with E-state index < -0.39 is 23.6 Å². The van der Waals surface area contributed by atoms with Crippen LogP contribution in [0.4, 0.5) is 17.6 Å². The van der Waals surface area contributed by atoms with Gasteiger partial charge in [-0.1, -0.05) is 29.8 Å². The number of rotatable bonds is 2. The van der Waals surface area contributed by atoms with Gasteiger partial charge in [0.25, 0.3) is 0 Å². The SMILES string of the molecule is NC(c1cc(F)ccc1Cl)c1ccccc1C(F)(F)F. The van der Waals surface area contributed by atoms with Crippen molar-refractivity contribution in [2.24, 2.45) is 5.73 Å². The lowest BCUT2D eigenvalue weighted by Crippen LogP contribution is -2.18. The van der Waals surface area contributed by atoms with Gasteiger partial charge < -0.3 is 5.73 Å². The van der Waals surface area contributed by atoms with Crippen molar-refractivity contribution in [1.82, 2.24) is 0 Å². The van der Waals surface area contributed by atoms with E-state index in [0.717, 1.165) is 18.2 Å². The Balaban J connectivity index is 2.54. The van der Waals surface area contributed by atoms with Crippen LogP contribution in [0, 0.1) is 5.82 Å². The van der Waals surface area contributed by atoms with Crippen LogP contribution in [-0.4, -0.2) is 0 Å². The highest BCUT2D eigenvalue weighted by Gasteiger charge is 2.34. The van der Waals surface area contributed by atoms with Gasteiger partial charge in [0, 0.05) is 5.02 Å². The number of benzene rings is 2. The summed E-state index contributed by atoms with van der Waals surface area (Å²) in [5, 5.41) is 0.121. The Hall–Kier alpha value is -1.59. The molecule has 0 aliphatic heterocycles. The average molecular weight is 304 g/mol. The summed E-state index contributed by atoms with van der Waals surface area (Å²) in [5.74, 6) is -0.607. The van der Waals surface area contributed by atoms with Crippen molar-refractivity contribution in [3.8, 4) is 0 Å². The fraction of sp³-hybridized carbons (Fsp3) is 0.143. The molecule has 2 aromatic rings. The standard InChI is InChI=1S/C14H10ClF4N/c15-12-6-5-8(16)7-10(12)13(20)9-3-1-2-4-11(9)14(17,18)19/h1-7,13H,20H2. The van der Waals surface area contributed by atoms with E-state index in [1.54, 1.807) is 0 Å². The summed E-state index contributed by atoms with van der Waals surface area (Å²) in [6.45, 7) is 0. The molecular formula is C14H10ClF4N. The number of halogens is 5. The molecule has 0 saturated carbocycles. The minimum absolute atomic E-state index is 0.114. The maximum Gasteiger partial charge on any atom is 0.416 e. The van der Waals surface area contributed by atoms with E-state index in [1.807, 2.05) is 0 Å². The van der Waals surface area contributed by atoms with Gasteiger partial charge >= 0.3 is 6.18 Å². The van der Waals surface area contributed by atoms with Crippen LogP contribution in [0.2, 0.25) is 5.02 Å². The molecule has 0 radical (unpaired) electrons. The Bertz CT molecular complexity index is 625. The smallest absolute Gasteiger partial charge is 0.320 e. The van der Waals surface area contributed by atoms with Crippen LogP contribution in [0.25, 0.3) is 0 Å². The number of hydrogen-bond donors (Lipinski definition) is 1. The second-order valence-electron chi connectivity index (χ2n) is 4.23. The highest BCUT2D eigenvalue weighted by atomic mass is 35.5. The van der Waals surface area contributed by atoms with Gasteiger partial charge in [0.1, 0.15) is 5.82 Å². The van der Waals surface area contributed by atoms with Crippen molar-refractivity contribution >= 4 is 11.6 Å². The van der Waals surface area contributed by atoms with Crippen LogP contribution < -0.4 is 5.73 Å². The largest absolute Gasteiger partial charge is 0.416 e.